The number of para-hydroxylation sites is 4. The third kappa shape index (κ3) is 6.52. The van der Waals surface area contributed by atoms with Crippen molar-refractivity contribution < 1.29 is 4.42 Å². The number of benzene rings is 10. The highest BCUT2D eigenvalue weighted by Crippen LogP contribution is 2.51. The first-order chi connectivity index (χ1) is 38.7. The molecule has 2 atom stereocenters. The van der Waals surface area contributed by atoms with Crippen molar-refractivity contribution in [3.8, 4) is 56.7 Å². The van der Waals surface area contributed by atoms with Crippen LogP contribution in [0.1, 0.15) is 18.4 Å². The van der Waals surface area contributed by atoms with Gasteiger partial charge in [-0.25, -0.2) is 15.0 Å². The van der Waals surface area contributed by atoms with E-state index in [2.05, 4.69) is 215 Å². The lowest BCUT2D eigenvalue weighted by Gasteiger charge is -2.36. The highest BCUT2D eigenvalue weighted by Gasteiger charge is 2.32. The molecule has 0 saturated heterocycles. The first-order valence-electron chi connectivity index (χ1n) is 26.9. The summed E-state index contributed by atoms with van der Waals surface area (Å²) in [6.45, 7) is 0. The summed E-state index contributed by atoms with van der Waals surface area (Å²) in [5.41, 5.74) is 15.9. The van der Waals surface area contributed by atoms with Crippen molar-refractivity contribution in [2.24, 2.45) is 11.8 Å². The van der Waals surface area contributed by atoms with Crippen molar-refractivity contribution in [2.75, 3.05) is 0 Å². The summed E-state index contributed by atoms with van der Waals surface area (Å²) in [5.74, 6) is 2.85. The molecule has 15 aromatic rings. The van der Waals surface area contributed by atoms with Crippen LogP contribution in [0.3, 0.4) is 0 Å². The second-order valence-corrected chi connectivity index (χ2v) is 22.0. The third-order valence-electron chi connectivity index (χ3n) is 16.7. The molecule has 17 rings (SSSR count). The largest absolute Gasteiger partial charge is 0.456 e. The lowest BCUT2D eigenvalue weighted by Crippen LogP contribution is -2.24. The van der Waals surface area contributed by atoms with Gasteiger partial charge in [-0.1, -0.05) is 170 Å². The van der Waals surface area contributed by atoms with Gasteiger partial charge in [0.05, 0.1) is 27.8 Å². The van der Waals surface area contributed by atoms with Crippen LogP contribution in [0.15, 0.2) is 241 Å². The van der Waals surface area contributed by atoms with Crippen LogP contribution in [0, 0.1) is 11.8 Å². The first-order valence-corrected chi connectivity index (χ1v) is 27.7. The standard InChI is InChI=1S/C71H45N5OS/c1-4-16-43(17-5-1)56-39-48(71-73-69(44-18-6-2-7-19-44)72-70(74-71)47-32-33-51-50-22-12-15-27-62(50)77-63(51)41-47)40-57(46-31-29-42-28-30-45(42)38-46)66(56)76-59-26-14-11-24-55(59)65-61(76)37-35-53-52-34-36-60-64(67(52)78-68(53)65)54-23-10-13-25-58(54)75(60)49-20-8-3-9-21-49/h1-27,29,31-42,45H,28,30H2/t42-,45?/m1/s1. The monoisotopic (exact) mass is 1020 g/mol. The molecular weight excluding hydrogens is 971 g/mol. The molecule has 2 aliphatic rings. The van der Waals surface area contributed by atoms with Crippen LogP contribution in [-0.4, -0.2) is 24.1 Å². The van der Waals surface area contributed by atoms with Crippen molar-refractivity contribution >= 4 is 103 Å². The Morgan fingerprint density at radius 1 is 0.397 bits per heavy atom. The van der Waals surface area contributed by atoms with Gasteiger partial charge in [0.25, 0.3) is 0 Å². The Balaban J connectivity index is 0.941. The molecule has 0 N–H and O–H groups in total. The first kappa shape index (κ1) is 43.5. The number of nitrogens with zero attached hydrogens (tertiary/aromatic N) is 5. The molecule has 0 aliphatic heterocycles. The molecule has 7 heteroatoms. The molecule has 366 valence electrons. The van der Waals surface area contributed by atoms with Gasteiger partial charge in [0.2, 0.25) is 0 Å². The summed E-state index contributed by atoms with van der Waals surface area (Å²) in [4.78, 5) is 16.0. The second kappa shape index (κ2) is 16.9. The number of hydrogen-bond donors (Lipinski definition) is 0. The van der Waals surface area contributed by atoms with Crippen LogP contribution in [0.2, 0.25) is 0 Å². The number of furan rings is 1. The number of aromatic nitrogens is 5. The van der Waals surface area contributed by atoms with E-state index >= 15 is 0 Å². The summed E-state index contributed by atoms with van der Waals surface area (Å²) >= 11 is 1.93. The van der Waals surface area contributed by atoms with Gasteiger partial charge in [0.1, 0.15) is 11.2 Å². The topological polar surface area (TPSA) is 61.7 Å². The van der Waals surface area contributed by atoms with Gasteiger partial charge in [-0.15, -0.1) is 11.3 Å². The van der Waals surface area contributed by atoms with E-state index in [0.717, 1.165) is 72.2 Å². The second-order valence-electron chi connectivity index (χ2n) is 21.0. The summed E-state index contributed by atoms with van der Waals surface area (Å²) in [6.07, 6.45) is 9.77. The van der Waals surface area contributed by atoms with Gasteiger partial charge in [0.15, 0.2) is 17.5 Å². The fourth-order valence-electron chi connectivity index (χ4n) is 12.9. The minimum atomic E-state index is 0.490. The van der Waals surface area contributed by atoms with E-state index in [9.17, 15) is 0 Å². The summed E-state index contributed by atoms with van der Waals surface area (Å²) in [6, 6.07) is 78.4. The van der Waals surface area contributed by atoms with Gasteiger partial charge in [0, 0.05) is 86.0 Å². The number of fused-ring (bicyclic) bond motifs is 15. The van der Waals surface area contributed by atoms with Crippen LogP contribution in [0.5, 0.6) is 0 Å². The normalized spacial score (nSPS) is 15.4. The number of allylic oxidation sites excluding steroid dienone is 4. The average Bonchev–Trinajstić information content (AvgIpc) is 4.30. The Hall–Kier alpha value is -9.69. The predicted molar refractivity (Wildman–Crippen MR) is 324 cm³/mol. The molecule has 1 fully saturated rings. The van der Waals surface area contributed by atoms with Gasteiger partial charge >= 0.3 is 0 Å². The smallest absolute Gasteiger partial charge is 0.164 e. The molecule has 5 aromatic heterocycles. The Kier molecular flexibility index (Phi) is 9.44. The molecule has 5 heterocycles. The van der Waals surface area contributed by atoms with Crippen LogP contribution >= 0.6 is 11.3 Å². The van der Waals surface area contributed by atoms with Gasteiger partial charge in [-0.05, 0) is 103 Å². The summed E-state index contributed by atoms with van der Waals surface area (Å²) < 4.78 is 14.0. The van der Waals surface area contributed by atoms with Crippen molar-refractivity contribution in [2.45, 2.75) is 12.8 Å². The van der Waals surface area contributed by atoms with Gasteiger partial charge in [-0.2, -0.15) is 0 Å². The number of hydrogen-bond acceptors (Lipinski definition) is 5. The number of thiophene rings is 1. The Morgan fingerprint density at radius 2 is 0.936 bits per heavy atom. The molecule has 1 unspecified atom stereocenters. The average molecular weight is 1020 g/mol. The molecule has 6 nitrogen and oxygen atoms in total. The Morgan fingerprint density at radius 3 is 1.62 bits per heavy atom. The van der Waals surface area contributed by atoms with Gasteiger partial charge < -0.3 is 13.6 Å². The van der Waals surface area contributed by atoms with Crippen molar-refractivity contribution in [3.05, 3.63) is 242 Å². The Labute approximate surface area is 452 Å². The molecule has 0 amide bonds. The van der Waals surface area contributed by atoms with Crippen LogP contribution in [0.4, 0.5) is 0 Å². The maximum Gasteiger partial charge on any atom is 0.164 e. The van der Waals surface area contributed by atoms with Crippen LogP contribution < -0.4 is 0 Å². The van der Waals surface area contributed by atoms with E-state index in [1.165, 1.54) is 76.7 Å². The molecule has 78 heavy (non-hydrogen) atoms. The van der Waals surface area contributed by atoms with E-state index in [-0.39, 0.29) is 0 Å². The third-order valence-corrected chi connectivity index (χ3v) is 17.9. The van der Waals surface area contributed by atoms with Crippen LogP contribution in [0.25, 0.3) is 148 Å². The van der Waals surface area contributed by atoms with Crippen molar-refractivity contribution in [1.29, 1.82) is 0 Å². The predicted octanol–water partition coefficient (Wildman–Crippen LogP) is 19.0. The maximum atomic E-state index is 6.42. The van der Waals surface area contributed by atoms with Gasteiger partial charge in [-0.3, -0.25) is 0 Å². The van der Waals surface area contributed by atoms with Crippen LogP contribution in [-0.2, 0) is 0 Å². The molecule has 0 spiro atoms. The lowest BCUT2D eigenvalue weighted by atomic mass is 9.69. The highest BCUT2D eigenvalue weighted by atomic mass is 32.1. The molecular formula is C71H45N5OS. The zero-order valence-electron chi connectivity index (χ0n) is 42.1. The molecule has 0 radical (unpaired) electrons. The fourth-order valence-corrected chi connectivity index (χ4v) is 14.3. The summed E-state index contributed by atoms with van der Waals surface area (Å²) in [5, 5.41) is 9.75. The zero-order valence-corrected chi connectivity index (χ0v) is 43.0. The lowest BCUT2D eigenvalue weighted by molar-refractivity contribution is 0.284. The van der Waals surface area contributed by atoms with Crippen molar-refractivity contribution in [1.82, 2.24) is 24.1 Å². The van der Waals surface area contributed by atoms with Crippen molar-refractivity contribution in [3.63, 3.8) is 0 Å². The molecule has 10 aromatic carbocycles. The molecule has 0 bridgehead atoms. The van der Waals surface area contributed by atoms with E-state index in [1.807, 2.05) is 41.7 Å². The minimum absolute atomic E-state index is 0.490. The molecule has 1 saturated carbocycles. The molecule has 2 aliphatic carbocycles. The Bertz CT molecular complexity index is 5040. The van der Waals surface area contributed by atoms with E-state index in [0.29, 0.717) is 29.3 Å². The van der Waals surface area contributed by atoms with E-state index in [1.54, 1.807) is 0 Å². The minimum Gasteiger partial charge on any atom is -0.456 e. The van der Waals surface area contributed by atoms with E-state index < -0.39 is 0 Å². The maximum absolute atomic E-state index is 6.42. The fraction of sp³-hybridized carbons (Fsp3) is 0.0563. The zero-order chi connectivity index (χ0) is 51.0. The van der Waals surface area contributed by atoms with E-state index in [4.69, 9.17) is 19.4 Å². The quantitative estimate of drug-likeness (QED) is 0.160. The number of rotatable bonds is 7. The SMILES string of the molecule is C1=C[C@H]2CCC2C=C1c1cc(-c2nc(-c3ccccc3)nc(-c3ccc4c(c3)oc3ccccc34)n2)cc(-c2ccccc2)c1-n1c2ccccc2c2c3sc4c(ccc5c4c4ccccc4n5-c4ccccc4)c3ccc21. The summed E-state index contributed by atoms with van der Waals surface area (Å²) in [7, 11) is 0. The highest BCUT2D eigenvalue weighted by molar-refractivity contribution is 7.27.